The molecule has 1 rings (SSSR count). The lowest BCUT2D eigenvalue weighted by Crippen LogP contribution is -2.86. The molecule has 5 N–H and O–H groups in total. The first-order valence-electron chi connectivity index (χ1n) is 10.8. The summed E-state index contributed by atoms with van der Waals surface area (Å²) >= 11 is 6.02. The summed E-state index contributed by atoms with van der Waals surface area (Å²) in [6, 6.07) is 7.22. The molecule has 8 heteroatoms. The second kappa shape index (κ2) is 11.9. The molecule has 0 aromatic heterocycles. The van der Waals surface area contributed by atoms with Gasteiger partial charge in [-0.25, -0.2) is 4.79 Å². The summed E-state index contributed by atoms with van der Waals surface area (Å²) in [4.78, 5) is 29.7. The minimum absolute atomic E-state index is 0.0440. The van der Waals surface area contributed by atoms with Crippen molar-refractivity contribution in [1.82, 2.24) is 4.90 Å². The Kier molecular flexibility index (Phi) is 10.2. The molecule has 0 aliphatic rings. The average molecular weight is 466 g/mol. The molecule has 0 heterocycles. The summed E-state index contributed by atoms with van der Waals surface area (Å²) in [5, 5.41) is 0.698. The third-order valence-corrected chi connectivity index (χ3v) is 5.89. The van der Waals surface area contributed by atoms with Crippen LogP contribution in [0.15, 0.2) is 36.0 Å². The van der Waals surface area contributed by atoms with E-state index in [1.807, 2.05) is 38.1 Å². The molecule has 1 aromatic carbocycles. The normalized spacial score (nSPS) is 14.8. The van der Waals surface area contributed by atoms with Crippen molar-refractivity contribution < 1.29 is 19.3 Å². The third kappa shape index (κ3) is 7.86. The van der Waals surface area contributed by atoms with E-state index < -0.39 is 12.0 Å². The minimum Gasteiger partial charge on any atom is -0.461 e. The van der Waals surface area contributed by atoms with Crippen LogP contribution < -0.4 is 16.5 Å². The second-order valence-corrected chi connectivity index (χ2v) is 9.53. The number of nitrogens with zero attached hydrogens (tertiary/aromatic N) is 1. The zero-order chi connectivity index (χ0) is 24.6. The van der Waals surface area contributed by atoms with E-state index in [-0.39, 0.29) is 41.3 Å². The summed E-state index contributed by atoms with van der Waals surface area (Å²) in [5.74, 6) is -0.464. The zero-order valence-electron chi connectivity index (χ0n) is 20.2. The Balaban J connectivity index is 3.00. The van der Waals surface area contributed by atoms with Gasteiger partial charge in [-0.2, -0.15) is 0 Å². The Labute approximate surface area is 196 Å². The number of carbonyl (C=O) groups excluding carboxylic acids is 2. The fraction of sp³-hybridized carbons (Fsp3) is 0.542. The van der Waals surface area contributed by atoms with Gasteiger partial charge in [-0.15, -0.1) is 0 Å². The Morgan fingerprint density at radius 2 is 1.75 bits per heavy atom. The standard InChI is InChI=1S/C24H37ClN4O3/c1-8-32-23(31)19(26)13-20(27)28-21(15(2)3)22(30)29(7)14-24(5,6)16(4)17-9-11-18(25)12-10-17/h9-13,15-16,21H,8,14,26H2,1-7H3,(H2,27,28)/p+1. The molecule has 0 aliphatic carbocycles. The molecule has 1 amide bonds. The van der Waals surface area contributed by atoms with Crippen LogP contribution in [0.25, 0.3) is 0 Å². The molecule has 32 heavy (non-hydrogen) atoms. The molecular formula is C24H38ClN4O3+. The van der Waals surface area contributed by atoms with Gasteiger partial charge in [-0.3, -0.25) is 15.5 Å². The van der Waals surface area contributed by atoms with Crippen LogP contribution in [-0.4, -0.2) is 48.9 Å². The van der Waals surface area contributed by atoms with Gasteiger partial charge < -0.3 is 15.4 Å². The number of rotatable bonds is 10. The molecule has 1 aromatic rings. The van der Waals surface area contributed by atoms with E-state index in [1.54, 1.807) is 18.9 Å². The number of amides is 1. The number of nitrogens with one attached hydrogen (secondary N) is 1. The lowest BCUT2D eigenvalue weighted by molar-refractivity contribution is -0.497. The molecule has 0 spiro atoms. The number of hydrogen-bond donors (Lipinski definition) is 3. The van der Waals surface area contributed by atoms with Crippen molar-refractivity contribution in [1.29, 1.82) is 0 Å². The lowest BCUT2D eigenvalue weighted by atomic mass is 9.75. The molecule has 7 nitrogen and oxygen atoms in total. The SMILES string of the molecule is CCOC(=O)C(N)=CC(N)=[NH+]C(C(=O)N(C)CC(C)(C)C(C)c1ccc(Cl)cc1)C(C)C. The summed E-state index contributed by atoms with van der Waals surface area (Å²) in [6.07, 6.45) is 1.28. The van der Waals surface area contributed by atoms with Crippen molar-refractivity contribution >= 4 is 29.3 Å². The number of likely N-dealkylation sites (N-methyl/N-ethyl adjacent to an activating group) is 1. The topological polar surface area (TPSA) is 113 Å². The third-order valence-electron chi connectivity index (χ3n) is 5.64. The van der Waals surface area contributed by atoms with Crippen molar-refractivity contribution in [2.75, 3.05) is 20.2 Å². The maximum atomic E-state index is 13.3. The molecule has 0 saturated carbocycles. The van der Waals surface area contributed by atoms with Crippen LogP contribution in [0.5, 0.6) is 0 Å². The van der Waals surface area contributed by atoms with Gasteiger partial charge in [0.05, 0.1) is 12.7 Å². The van der Waals surface area contributed by atoms with E-state index in [2.05, 4.69) is 25.8 Å². The van der Waals surface area contributed by atoms with E-state index in [0.717, 1.165) is 5.56 Å². The van der Waals surface area contributed by atoms with E-state index in [1.165, 1.54) is 6.08 Å². The fourth-order valence-electron chi connectivity index (χ4n) is 3.44. The van der Waals surface area contributed by atoms with Gasteiger partial charge in [0.25, 0.3) is 11.7 Å². The summed E-state index contributed by atoms with van der Waals surface area (Å²) in [5.41, 5.74) is 12.6. The number of hydrogen-bond acceptors (Lipinski definition) is 4. The maximum absolute atomic E-state index is 13.3. The number of carbonyl (C=O) groups is 2. The van der Waals surface area contributed by atoms with E-state index in [9.17, 15) is 9.59 Å². The number of amidine groups is 1. The minimum atomic E-state index is -0.653. The highest BCUT2D eigenvalue weighted by molar-refractivity contribution is 6.30. The van der Waals surface area contributed by atoms with Crippen LogP contribution in [0.3, 0.4) is 0 Å². The van der Waals surface area contributed by atoms with E-state index >= 15 is 0 Å². The average Bonchev–Trinajstić information content (AvgIpc) is 2.71. The predicted octanol–water partition coefficient (Wildman–Crippen LogP) is 1.80. The quantitative estimate of drug-likeness (QED) is 0.211. The smallest absolute Gasteiger partial charge is 0.354 e. The van der Waals surface area contributed by atoms with Crippen LogP contribution >= 0.6 is 11.6 Å². The Morgan fingerprint density at radius 1 is 1.19 bits per heavy atom. The van der Waals surface area contributed by atoms with Crippen LogP contribution in [0, 0.1) is 11.3 Å². The molecule has 0 radical (unpaired) electrons. The monoisotopic (exact) mass is 465 g/mol. The van der Waals surface area contributed by atoms with Crippen molar-refractivity contribution in [2.45, 2.75) is 53.5 Å². The summed E-state index contributed by atoms with van der Waals surface area (Å²) < 4.78 is 4.85. The highest BCUT2D eigenvalue weighted by Crippen LogP contribution is 2.36. The van der Waals surface area contributed by atoms with Crippen molar-refractivity contribution in [2.24, 2.45) is 22.8 Å². The van der Waals surface area contributed by atoms with Crippen LogP contribution in [-0.2, 0) is 14.3 Å². The Bertz CT molecular complexity index is 847. The Hall–Kier alpha value is -2.54. The number of esters is 1. The maximum Gasteiger partial charge on any atom is 0.354 e. The molecule has 2 atom stereocenters. The molecule has 0 saturated heterocycles. The second-order valence-electron chi connectivity index (χ2n) is 9.10. The van der Waals surface area contributed by atoms with Gasteiger partial charge in [-0.1, -0.05) is 58.4 Å². The first kappa shape index (κ1) is 27.5. The van der Waals surface area contributed by atoms with E-state index in [4.69, 9.17) is 27.8 Å². The first-order chi connectivity index (χ1) is 14.8. The highest BCUT2D eigenvalue weighted by atomic mass is 35.5. The number of nitrogens with two attached hydrogens (primary N) is 2. The van der Waals surface area contributed by atoms with Gasteiger partial charge in [0.2, 0.25) is 0 Å². The van der Waals surface area contributed by atoms with Gasteiger partial charge in [0.1, 0.15) is 5.70 Å². The first-order valence-corrected chi connectivity index (χ1v) is 11.2. The van der Waals surface area contributed by atoms with Gasteiger partial charge in [-0.05, 0) is 36.0 Å². The van der Waals surface area contributed by atoms with Crippen molar-refractivity contribution in [3.8, 4) is 0 Å². The summed E-state index contributed by atoms with van der Waals surface area (Å²) in [7, 11) is 1.79. The van der Waals surface area contributed by atoms with Gasteiger partial charge in [0, 0.05) is 24.5 Å². The van der Waals surface area contributed by atoms with Crippen molar-refractivity contribution in [3.05, 3.63) is 46.6 Å². The number of halogens is 1. The van der Waals surface area contributed by atoms with E-state index in [0.29, 0.717) is 11.6 Å². The van der Waals surface area contributed by atoms with Crippen LogP contribution in [0.2, 0.25) is 5.02 Å². The lowest BCUT2D eigenvalue weighted by Gasteiger charge is -2.36. The molecule has 0 aliphatic heterocycles. The van der Waals surface area contributed by atoms with Crippen LogP contribution in [0.1, 0.15) is 53.0 Å². The molecule has 0 fully saturated rings. The van der Waals surface area contributed by atoms with Crippen LogP contribution in [0.4, 0.5) is 0 Å². The van der Waals surface area contributed by atoms with Gasteiger partial charge >= 0.3 is 5.97 Å². The number of benzene rings is 1. The molecule has 178 valence electrons. The molecule has 0 bridgehead atoms. The highest BCUT2D eigenvalue weighted by Gasteiger charge is 2.34. The summed E-state index contributed by atoms with van der Waals surface area (Å²) in [6.45, 7) is 12.7. The fourth-order valence-corrected chi connectivity index (χ4v) is 3.57. The number of ether oxygens (including phenoxy) is 1. The molecule has 2 unspecified atom stereocenters. The van der Waals surface area contributed by atoms with Gasteiger partial charge in [0.15, 0.2) is 6.04 Å². The largest absolute Gasteiger partial charge is 0.461 e. The van der Waals surface area contributed by atoms with Crippen molar-refractivity contribution in [3.63, 3.8) is 0 Å². The zero-order valence-corrected chi connectivity index (χ0v) is 21.0. The Morgan fingerprint density at radius 3 is 2.25 bits per heavy atom. The molecular weight excluding hydrogens is 428 g/mol. The predicted molar refractivity (Wildman–Crippen MR) is 129 cm³/mol.